The monoisotopic (exact) mass is 639 g/mol. The molecule has 4 rings (SSSR count). The van der Waals surface area contributed by atoms with E-state index in [-0.39, 0.29) is 28.6 Å². The van der Waals surface area contributed by atoms with Crippen LogP contribution in [-0.2, 0) is 32.6 Å². The average Bonchev–Trinajstić information content (AvgIpc) is 3.02. The van der Waals surface area contributed by atoms with Crippen LogP contribution in [0.1, 0.15) is 11.1 Å². The minimum Gasteiger partial charge on any atom is -0.495 e. The molecular formula is C32H31Cl2N3O5S. The van der Waals surface area contributed by atoms with Crippen molar-refractivity contribution in [3.8, 4) is 5.75 Å². The molecule has 0 saturated carbocycles. The third-order valence-electron chi connectivity index (χ3n) is 6.82. The van der Waals surface area contributed by atoms with Gasteiger partial charge in [0.1, 0.15) is 18.3 Å². The van der Waals surface area contributed by atoms with E-state index in [4.69, 9.17) is 27.9 Å². The maximum atomic E-state index is 14.3. The van der Waals surface area contributed by atoms with Crippen LogP contribution in [0, 0.1) is 0 Å². The molecule has 0 radical (unpaired) electrons. The SMILES string of the molecule is CNC(=O)[C@@H](Cc1ccccc1)N(Cc1ccc(Cl)cc1)C(=O)CN(c1ccc(OC)c(Cl)c1)S(=O)(=O)c1ccccc1. The third kappa shape index (κ3) is 7.87. The number of hydrogen-bond acceptors (Lipinski definition) is 5. The molecular weight excluding hydrogens is 609 g/mol. The molecule has 0 aliphatic heterocycles. The molecule has 0 aromatic heterocycles. The molecule has 2 amide bonds. The largest absolute Gasteiger partial charge is 0.495 e. The van der Waals surface area contributed by atoms with Crippen LogP contribution in [-0.4, -0.2) is 51.9 Å². The lowest BCUT2D eigenvalue weighted by Crippen LogP contribution is -2.53. The second-order valence-corrected chi connectivity index (χ2v) is 12.3. The van der Waals surface area contributed by atoms with Crippen molar-refractivity contribution < 1.29 is 22.7 Å². The van der Waals surface area contributed by atoms with Crippen LogP contribution in [0.3, 0.4) is 0 Å². The highest BCUT2D eigenvalue weighted by molar-refractivity contribution is 7.92. The Balaban J connectivity index is 1.80. The minimum atomic E-state index is -4.24. The average molecular weight is 641 g/mol. The molecule has 0 spiro atoms. The normalized spacial score (nSPS) is 11.8. The summed E-state index contributed by atoms with van der Waals surface area (Å²) in [5.41, 5.74) is 1.71. The first-order chi connectivity index (χ1) is 20.6. The number of methoxy groups -OCH3 is 1. The number of benzene rings is 4. The first kappa shape index (κ1) is 31.9. The number of hydrogen-bond donors (Lipinski definition) is 1. The molecule has 1 atom stereocenters. The first-order valence-corrected chi connectivity index (χ1v) is 15.5. The Morgan fingerprint density at radius 2 is 1.49 bits per heavy atom. The van der Waals surface area contributed by atoms with Crippen LogP contribution in [0.15, 0.2) is 108 Å². The van der Waals surface area contributed by atoms with E-state index in [0.717, 1.165) is 9.87 Å². The van der Waals surface area contributed by atoms with Crippen LogP contribution in [0.25, 0.3) is 0 Å². The number of nitrogens with one attached hydrogen (secondary N) is 1. The molecule has 0 aliphatic carbocycles. The summed E-state index contributed by atoms with van der Waals surface area (Å²) in [6.07, 6.45) is 0.208. The van der Waals surface area contributed by atoms with Gasteiger partial charge in [0, 0.05) is 25.0 Å². The summed E-state index contributed by atoms with van der Waals surface area (Å²) in [6, 6.07) is 27.5. The topological polar surface area (TPSA) is 96.0 Å². The highest BCUT2D eigenvalue weighted by Gasteiger charge is 2.34. The molecule has 8 nitrogen and oxygen atoms in total. The van der Waals surface area contributed by atoms with Crippen LogP contribution >= 0.6 is 23.2 Å². The van der Waals surface area contributed by atoms with Crippen LogP contribution in [0.4, 0.5) is 5.69 Å². The molecule has 4 aromatic rings. The van der Waals surface area contributed by atoms with E-state index in [1.165, 1.54) is 49.4 Å². The first-order valence-electron chi connectivity index (χ1n) is 13.3. The van der Waals surface area contributed by atoms with Crippen molar-refractivity contribution in [3.05, 3.63) is 124 Å². The third-order valence-corrected chi connectivity index (χ3v) is 9.15. The molecule has 0 aliphatic rings. The summed E-state index contributed by atoms with van der Waals surface area (Å²) in [6.45, 7) is -0.570. The minimum absolute atomic E-state index is 0.00821. The maximum Gasteiger partial charge on any atom is 0.264 e. The second-order valence-electron chi connectivity index (χ2n) is 9.61. The molecule has 0 heterocycles. The quantitative estimate of drug-likeness (QED) is 0.218. The molecule has 43 heavy (non-hydrogen) atoms. The van der Waals surface area contributed by atoms with Gasteiger partial charge in [-0.3, -0.25) is 13.9 Å². The zero-order valence-electron chi connectivity index (χ0n) is 23.6. The summed E-state index contributed by atoms with van der Waals surface area (Å²) < 4.78 is 34.2. The lowest BCUT2D eigenvalue weighted by molar-refractivity contribution is -0.139. The number of sulfonamides is 1. The Bertz CT molecular complexity index is 1650. The van der Waals surface area contributed by atoms with E-state index >= 15 is 0 Å². The van der Waals surface area contributed by atoms with Gasteiger partial charge in [-0.25, -0.2) is 8.42 Å². The summed E-state index contributed by atoms with van der Waals surface area (Å²) in [4.78, 5) is 29.0. The van der Waals surface area contributed by atoms with Gasteiger partial charge in [0.25, 0.3) is 10.0 Å². The van der Waals surface area contributed by atoms with E-state index in [0.29, 0.717) is 16.3 Å². The Kier molecular flexibility index (Phi) is 10.7. The summed E-state index contributed by atoms with van der Waals surface area (Å²) >= 11 is 12.5. The van der Waals surface area contributed by atoms with Gasteiger partial charge < -0.3 is 15.0 Å². The summed E-state index contributed by atoms with van der Waals surface area (Å²) in [5, 5.41) is 3.35. The van der Waals surface area contributed by atoms with E-state index in [1.807, 2.05) is 30.3 Å². The number of amides is 2. The molecule has 0 saturated heterocycles. The zero-order valence-corrected chi connectivity index (χ0v) is 25.9. The number of carbonyl (C=O) groups is 2. The number of nitrogens with zero attached hydrogens (tertiary/aromatic N) is 2. The molecule has 224 valence electrons. The van der Waals surface area contributed by atoms with E-state index in [9.17, 15) is 18.0 Å². The van der Waals surface area contributed by atoms with Crippen molar-refractivity contribution >= 4 is 50.7 Å². The van der Waals surface area contributed by atoms with Crippen molar-refractivity contribution in [3.63, 3.8) is 0 Å². The van der Waals surface area contributed by atoms with Gasteiger partial charge in [0.05, 0.1) is 22.7 Å². The van der Waals surface area contributed by atoms with Crippen LogP contribution in [0.2, 0.25) is 10.0 Å². The van der Waals surface area contributed by atoms with Gasteiger partial charge in [-0.2, -0.15) is 0 Å². The lowest BCUT2D eigenvalue weighted by Gasteiger charge is -2.33. The number of ether oxygens (including phenoxy) is 1. The highest BCUT2D eigenvalue weighted by Crippen LogP contribution is 2.32. The van der Waals surface area contributed by atoms with Crippen molar-refractivity contribution in [2.24, 2.45) is 0 Å². The smallest absolute Gasteiger partial charge is 0.264 e. The van der Waals surface area contributed by atoms with Gasteiger partial charge >= 0.3 is 0 Å². The predicted octanol–water partition coefficient (Wildman–Crippen LogP) is 5.58. The molecule has 0 bridgehead atoms. The zero-order chi connectivity index (χ0) is 31.0. The number of halogens is 2. The van der Waals surface area contributed by atoms with E-state index < -0.39 is 34.4 Å². The maximum absolute atomic E-state index is 14.3. The predicted molar refractivity (Wildman–Crippen MR) is 169 cm³/mol. The number of likely N-dealkylation sites (N-methyl/N-ethyl adjacent to an activating group) is 1. The second kappa shape index (κ2) is 14.4. The lowest BCUT2D eigenvalue weighted by atomic mass is 10.0. The van der Waals surface area contributed by atoms with Gasteiger partial charge in [0.2, 0.25) is 11.8 Å². The van der Waals surface area contributed by atoms with Crippen molar-refractivity contribution in [2.45, 2.75) is 23.9 Å². The summed E-state index contributed by atoms with van der Waals surface area (Å²) in [7, 11) is -1.30. The van der Waals surface area contributed by atoms with Crippen molar-refractivity contribution in [1.82, 2.24) is 10.2 Å². The van der Waals surface area contributed by atoms with E-state index in [1.54, 1.807) is 42.5 Å². The Morgan fingerprint density at radius 3 is 2.07 bits per heavy atom. The highest BCUT2D eigenvalue weighted by atomic mass is 35.5. The number of carbonyl (C=O) groups excluding carboxylic acids is 2. The Hall–Kier alpha value is -4.05. The fourth-order valence-electron chi connectivity index (χ4n) is 4.57. The van der Waals surface area contributed by atoms with Gasteiger partial charge in [-0.15, -0.1) is 0 Å². The molecule has 4 aromatic carbocycles. The standard InChI is InChI=1S/C32H31Cl2N3O5S/c1-35-32(39)29(19-23-9-5-3-6-10-23)36(21-24-13-15-25(33)16-14-24)31(38)22-37(26-17-18-30(42-2)28(34)20-26)43(40,41)27-11-7-4-8-12-27/h3-18,20,29H,19,21-22H2,1-2H3,(H,35,39)/t29-/m1/s1. The fourth-order valence-corrected chi connectivity index (χ4v) is 6.37. The van der Waals surface area contributed by atoms with Crippen molar-refractivity contribution in [2.75, 3.05) is 25.0 Å². The van der Waals surface area contributed by atoms with Gasteiger partial charge in [-0.1, -0.05) is 83.9 Å². The van der Waals surface area contributed by atoms with Crippen molar-refractivity contribution in [1.29, 1.82) is 0 Å². The Morgan fingerprint density at radius 1 is 0.860 bits per heavy atom. The van der Waals surface area contributed by atoms with E-state index in [2.05, 4.69) is 5.32 Å². The van der Waals surface area contributed by atoms with Gasteiger partial charge in [-0.05, 0) is 53.6 Å². The van der Waals surface area contributed by atoms with Crippen LogP contribution < -0.4 is 14.4 Å². The number of anilines is 1. The number of rotatable bonds is 12. The molecule has 0 unspecified atom stereocenters. The molecule has 1 N–H and O–H groups in total. The molecule has 0 fully saturated rings. The van der Waals surface area contributed by atoms with Gasteiger partial charge in [0.15, 0.2) is 0 Å². The fraction of sp³-hybridized carbons (Fsp3) is 0.188. The molecule has 11 heteroatoms. The van der Waals surface area contributed by atoms with Crippen LogP contribution in [0.5, 0.6) is 5.75 Å². The summed E-state index contributed by atoms with van der Waals surface area (Å²) in [5.74, 6) is -0.636. The Labute approximate surface area is 261 Å².